The fraction of sp³-hybridized carbons (Fsp3) is 0.667. The van der Waals surface area contributed by atoms with Crippen LogP contribution < -0.4 is 14.8 Å². The van der Waals surface area contributed by atoms with E-state index in [4.69, 9.17) is 23.4 Å². The quantitative estimate of drug-likeness (QED) is 0.197. The zero-order valence-corrected chi connectivity index (χ0v) is 21.7. The number of hydrogen-bond acceptors (Lipinski definition) is 11. The highest BCUT2D eigenvalue weighted by molar-refractivity contribution is 5.87. The predicted molar refractivity (Wildman–Crippen MR) is 136 cm³/mol. The second-order valence-electron chi connectivity index (χ2n) is 9.79. The molecular weight excluding hydrogens is 498 g/mol. The zero-order chi connectivity index (χ0) is 27.1. The first-order chi connectivity index (χ1) is 18.4. The third-order valence-corrected chi connectivity index (χ3v) is 7.10. The van der Waals surface area contributed by atoms with Gasteiger partial charge >= 0.3 is 5.97 Å². The minimum atomic E-state index is -1.61. The maximum atomic E-state index is 12.1. The van der Waals surface area contributed by atoms with Crippen LogP contribution in [0.25, 0.3) is 11.0 Å². The van der Waals surface area contributed by atoms with Crippen LogP contribution in [0, 0.1) is 0 Å². The molecule has 2 aromatic rings. The van der Waals surface area contributed by atoms with Gasteiger partial charge in [0, 0.05) is 24.4 Å². The van der Waals surface area contributed by atoms with Crippen LogP contribution in [0.2, 0.25) is 0 Å². The largest absolute Gasteiger partial charge is 0.485 e. The van der Waals surface area contributed by atoms with Crippen LogP contribution in [0.5, 0.6) is 11.5 Å². The molecule has 11 nitrogen and oxygen atoms in total. The van der Waals surface area contributed by atoms with Crippen LogP contribution in [-0.4, -0.2) is 89.5 Å². The van der Waals surface area contributed by atoms with Gasteiger partial charge in [0.15, 0.2) is 11.3 Å². The first kappa shape index (κ1) is 28.6. The van der Waals surface area contributed by atoms with Crippen LogP contribution in [0.1, 0.15) is 51.0 Å². The van der Waals surface area contributed by atoms with Crippen molar-refractivity contribution in [2.45, 2.75) is 88.6 Å². The lowest BCUT2D eigenvalue weighted by molar-refractivity contribution is -0.277. The van der Waals surface area contributed by atoms with Gasteiger partial charge in [0.25, 0.3) is 0 Å². The van der Waals surface area contributed by atoms with Gasteiger partial charge in [0.1, 0.15) is 31.0 Å². The summed E-state index contributed by atoms with van der Waals surface area (Å²) in [7, 11) is 0. The number of esters is 1. The average molecular weight is 538 g/mol. The summed E-state index contributed by atoms with van der Waals surface area (Å²) in [5.74, 6) is 0.0743. The number of rotatable bonds is 12. The average Bonchev–Trinajstić information content (AvgIpc) is 3.40. The molecule has 1 aliphatic carbocycles. The Morgan fingerprint density at radius 1 is 1.11 bits per heavy atom. The van der Waals surface area contributed by atoms with Gasteiger partial charge in [0.05, 0.1) is 19.5 Å². The number of carbonyl (C=O) groups excluding carboxylic acids is 1. The van der Waals surface area contributed by atoms with Crippen molar-refractivity contribution in [2.24, 2.45) is 0 Å². The molecule has 4 rings (SSSR count). The van der Waals surface area contributed by atoms with Crippen molar-refractivity contribution < 1.29 is 48.6 Å². The van der Waals surface area contributed by atoms with Crippen LogP contribution in [0.3, 0.4) is 0 Å². The molecule has 1 saturated heterocycles. The summed E-state index contributed by atoms with van der Waals surface area (Å²) in [5, 5.41) is 44.9. The fourth-order valence-electron chi connectivity index (χ4n) is 5.04. The number of aliphatic hydroxyl groups excluding tert-OH is 4. The molecule has 2 heterocycles. The van der Waals surface area contributed by atoms with Crippen molar-refractivity contribution in [3.63, 3.8) is 0 Å². The van der Waals surface area contributed by atoms with E-state index < -0.39 is 37.3 Å². The third-order valence-electron chi connectivity index (χ3n) is 7.10. The van der Waals surface area contributed by atoms with Gasteiger partial charge in [-0.3, -0.25) is 4.79 Å². The predicted octanol–water partition coefficient (Wildman–Crippen LogP) is 1.41. The summed E-state index contributed by atoms with van der Waals surface area (Å²) >= 11 is 0. The lowest BCUT2D eigenvalue weighted by Gasteiger charge is -2.39. The Hall–Kier alpha value is -2.41. The number of furan rings is 1. The molecule has 0 amide bonds. The lowest BCUT2D eigenvalue weighted by Crippen LogP contribution is -2.60. The number of aryl methyl sites for hydroxylation is 1. The van der Waals surface area contributed by atoms with Crippen molar-refractivity contribution in [1.29, 1.82) is 0 Å². The molecule has 2 fully saturated rings. The summed E-state index contributed by atoms with van der Waals surface area (Å²) < 4.78 is 28.6. The highest BCUT2D eigenvalue weighted by Crippen LogP contribution is 2.42. The smallest absolute Gasteiger partial charge is 0.306 e. The van der Waals surface area contributed by atoms with Gasteiger partial charge in [-0.15, -0.1) is 0 Å². The Bertz CT molecular complexity index is 1030. The topological polar surface area (TPSA) is 160 Å². The molecule has 0 radical (unpaired) electrons. The van der Waals surface area contributed by atoms with Crippen LogP contribution in [-0.2, 0) is 20.7 Å². The molecule has 212 valence electrons. The molecule has 38 heavy (non-hydrogen) atoms. The van der Waals surface area contributed by atoms with Gasteiger partial charge in [0.2, 0.25) is 12.0 Å². The van der Waals surface area contributed by atoms with E-state index in [2.05, 4.69) is 5.32 Å². The molecule has 0 unspecified atom stereocenters. The molecule has 5 N–H and O–H groups in total. The molecular formula is C27H39NO10. The first-order valence-electron chi connectivity index (χ1n) is 13.4. The second kappa shape index (κ2) is 13.6. The lowest BCUT2D eigenvalue weighted by atomic mass is 9.96. The Morgan fingerprint density at radius 2 is 1.89 bits per heavy atom. The van der Waals surface area contributed by atoms with E-state index in [1.165, 1.54) is 25.5 Å². The zero-order valence-electron chi connectivity index (χ0n) is 21.7. The minimum absolute atomic E-state index is 0.0743. The number of nitrogens with one attached hydrogen (secondary N) is 1. The number of benzene rings is 1. The molecule has 11 heteroatoms. The molecule has 0 spiro atoms. The van der Waals surface area contributed by atoms with Crippen molar-refractivity contribution in [2.75, 3.05) is 26.4 Å². The highest BCUT2D eigenvalue weighted by atomic mass is 16.7. The third kappa shape index (κ3) is 6.77. The van der Waals surface area contributed by atoms with E-state index in [-0.39, 0.29) is 36.9 Å². The Kier molecular flexibility index (Phi) is 10.2. The Morgan fingerprint density at radius 3 is 2.63 bits per heavy atom. The summed E-state index contributed by atoms with van der Waals surface area (Å²) in [4.78, 5) is 12.1. The Balaban J connectivity index is 1.60. The summed E-state index contributed by atoms with van der Waals surface area (Å²) in [6.45, 7) is 2.30. The van der Waals surface area contributed by atoms with Gasteiger partial charge < -0.3 is 49.1 Å². The van der Waals surface area contributed by atoms with Crippen LogP contribution in [0.4, 0.5) is 0 Å². The van der Waals surface area contributed by atoms with E-state index in [0.29, 0.717) is 30.3 Å². The molecule has 5 atom stereocenters. The van der Waals surface area contributed by atoms with Crippen molar-refractivity contribution in [1.82, 2.24) is 5.32 Å². The summed E-state index contributed by atoms with van der Waals surface area (Å²) in [6, 6.07) is 4.02. The number of aliphatic hydroxyl groups is 4. The van der Waals surface area contributed by atoms with E-state index in [9.17, 15) is 25.2 Å². The minimum Gasteiger partial charge on any atom is -0.485 e. The first-order valence-corrected chi connectivity index (χ1v) is 13.4. The second-order valence-corrected chi connectivity index (χ2v) is 9.79. The molecule has 2 aliphatic rings. The molecule has 1 aliphatic heterocycles. The van der Waals surface area contributed by atoms with E-state index in [1.54, 1.807) is 19.1 Å². The maximum Gasteiger partial charge on any atom is 0.306 e. The molecule has 0 bridgehead atoms. The highest BCUT2D eigenvalue weighted by Gasteiger charge is 2.45. The standard InChI is InChI=1S/C27H39NO10/c1-2-34-20(30)9-8-16-14-17-10-12-35-24(17)26(36-13-11-28-18-6-4-3-5-7-18)25(16)38-27-23(33)22(32)21(31)19(15-29)37-27/h10,12,14,18-19,21-23,27-29,31-33H,2-9,11,13,15H2,1H3/t19-,21-,22+,23-,27-/m1/s1. The molecule has 1 aromatic carbocycles. The maximum absolute atomic E-state index is 12.1. The van der Waals surface area contributed by atoms with Gasteiger partial charge in [-0.1, -0.05) is 19.3 Å². The van der Waals surface area contributed by atoms with E-state index >= 15 is 0 Å². The van der Waals surface area contributed by atoms with E-state index in [1.807, 2.05) is 0 Å². The number of hydrogen-bond donors (Lipinski definition) is 5. The summed E-state index contributed by atoms with van der Waals surface area (Å²) in [6.07, 6.45) is 0.489. The number of carbonyl (C=O) groups is 1. The number of ether oxygens (including phenoxy) is 4. The van der Waals surface area contributed by atoms with Crippen molar-refractivity contribution in [3.05, 3.63) is 24.0 Å². The Labute approximate surface area is 221 Å². The van der Waals surface area contributed by atoms with Gasteiger partial charge in [-0.2, -0.15) is 0 Å². The molecule has 1 aromatic heterocycles. The van der Waals surface area contributed by atoms with Crippen LogP contribution in [0.15, 0.2) is 22.8 Å². The van der Waals surface area contributed by atoms with Crippen molar-refractivity contribution >= 4 is 16.9 Å². The normalized spacial score (nSPS) is 26.4. The molecule has 1 saturated carbocycles. The van der Waals surface area contributed by atoms with Crippen LogP contribution >= 0.6 is 0 Å². The van der Waals surface area contributed by atoms with Gasteiger partial charge in [-0.05, 0) is 43.9 Å². The van der Waals surface area contributed by atoms with Gasteiger partial charge in [-0.25, -0.2) is 0 Å². The fourth-order valence-corrected chi connectivity index (χ4v) is 5.04. The van der Waals surface area contributed by atoms with E-state index in [0.717, 1.165) is 18.2 Å². The number of fused-ring (bicyclic) bond motifs is 1. The SMILES string of the molecule is CCOC(=O)CCc1cc2ccoc2c(OCCNC2CCCCC2)c1O[C@H]1O[C@H](CO)[C@@H](O)[C@H](O)[C@H]1O. The summed E-state index contributed by atoms with van der Waals surface area (Å²) in [5.41, 5.74) is 1.00. The van der Waals surface area contributed by atoms with Crippen molar-refractivity contribution in [3.8, 4) is 11.5 Å². The monoisotopic (exact) mass is 537 g/mol.